The first-order valence-electron chi connectivity index (χ1n) is 8.17. The monoisotopic (exact) mass is 332 g/mol. The van der Waals surface area contributed by atoms with E-state index in [4.69, 9.17) is 0 Å². The van der Waals surface area contributed by atoms with Gasteiger partial charge in [0.25, 0.3) is 0 Å². The molecule has 3 rings (SSSR count). The van der Waals surface area contributed by atoms with E-state index in [1.807, 2.05) is 50.2 Å². The Labute approximate surface area is 147 Å². The highest BCUT2D eigenvalue weighted by Crippen LogP contribution is 2.35. The molecule has 0 aromatic heterocycles. The second-order valence-electron chi connectivity index (χ2n) is 6.28. The minimum Gasteiger partial charge on any atom is -0.508 e. The third-order valence-electron chi connectivity index (χ3n) is 4.60. The second kappa shape index (κ2) is 6.81. The molecule has 2 N–H and O–H groups in total. The molecule has 0 bridgehead atoms. The Kier molecular flexibility index (Phi) is 4.57. The third kappa shape index (κ3) is 3.41. The van der Waals surface area contributed by atoms with Crippen LogP contribution in [-0.2, 0) is 0 Å². The van der Waals surface area contributed by atoms with Crippen molar-refractivity contribution in [2.75, 3.05) is 0 Å². The highest BCUT2D eigenvalue weighted by atomic mass is 16.3. The van der Waals surface area contributed by atoms with Gasteiger partial charge in [-0.2, -0.15) is 0 Å². The van der Waals surface area contributed by atoms with Crippen molar-refractivity contribution in [3.63, 3.8) is 0 Å². The van der Waals surface area contributed by atoms with E-state index >= 15 is 0 Å². The fourth-order valence-corrected chi connectivity index (χ4v) is 2.96. The first-order valence-corrected chi connectivity index (χ1v) is 8.17. The van der Waals surface area contributed by atoms with Gasteiger partial charge in [0.15, 0.2) is 0 Å². The van der Waals surface area contributed by atoms with E-state index in [0.29, 0.717) is 5.56 Å². The lowest BCUT2D eigenvalue weighted by atomic mass is 9.89. The summed E-state index contributed by atoms with van der Waals surface area (Å²) in [6.07, 6.45) is 0.819. The summed E-state index contributed by atoms with van der Waals surface area (Å²) >= 11 is 0. The molecule has 0 aliphatic carbocycles. The maximum atomic E-state index is 10.8. The van der Waals surface area contributed by atoms with Gasteiger partial charge in [0, 0.05) is 17.0 Å². The summed E-state index contributed by atoms with van der Waals surface area (Å²) in [7, 11) is 0. The predicted molar refractivity (Wildman–Crippen MR) is 99.3 cm³/mol. The minimum atomic E-state index is -0.0149. The van der Waals surface area contributed by atoms with Crippen LogP contribution in [0.3, 0.4) is 0 Å². The quantitative estimate of drug-likeness (QED) is 0.658. The highest BCUT2D eigenvalue weighted by molar-refractivity contribution is 5.74. The normalized spacial score (nSPS) is 11.9. The van der Waals surface area contributed by atoms with Crippen LogP contribution in [0.4, 0.5) is 0 Å². The summed E-state index contributed by atoms with van der Waals surface area (Å²) < 4.78 is 0. The molecule has 0 aliphatic heterocycles. The van der Waals surface area contributed by atoms with Crippen molar-refractivity contribution in [3.05, 3.63) is 82.9 Å². The Morgan fingerprint density at radius 2 is 1.44 bits per heavy atom. The van der Waals surface area contributed by atoms with Crippen LogP contribution in [0.15, 0.2) is 60.7 Å². The Balaban J connectivity index is 2.00. The van der Waals surface area contributed by atoms with Crippen LogP contribution < -0.4 is 0 Å². The van der Waals surface area contributed by atoms with Crippen molar-refractivity contribution >= 4 is 6.29 Å². The van der Waals surface area contributed by atoms with Crippen molar-refractivity contribution < 1.29 is 15.0 Å². The van der Waals surface area contributed by atoms with Gasteiger partial charge in [-0.3, -0.25) is 4.79 Å². The van der Waals surface area contributed by atoms with E-state index in [1.54, 1.807) is 24.3 Å². The highest BCUT2D eigenvalue weighted by Gasteiger charge is 2.14. The lowest BCUT2D eigenvalue weighted by Crippen LogP contribution is -1.98. The largest absolute Gasteiger partial charge is 0.508 e. The van der Waals surface area contributed by atoms with E-state index in [-0.39, 0.29) is 17.4 Å². The fraction of sp³-hybridized carbons (Fsp3) is 0.136. The number of carbonyl (C=O) groups is 1. The number of rotatable bonds is 4. The zero-order valence-corrected chi connectivity index (χ0v) is 14.2. The van der Waals surface area contributed by atoms with Crippen molar-refractivity contribution in [3.8, 4) is 22.6 Å². The van der Waals surface area contributed by atoms with Gasteiger partial charge in [-0.25, -0.2) is 0 Å². The number of benzene rings is 3. The number of hydrogen-bond acceptors (Lipinski definition) is 3. The summed E-state index contributed by atoms with van der Waals surface area (Å²) in [5.41, 5.74) is 5.26. The lowest BCUT2D eigenvalue weighted by molar-refractivity contribution is 0.112. The van der Waals surface area contributed by atoms with Gasteiger partial charge in [0.05, 0.1) is 0 Å². The van der Waals surface area contributed by atoms with Crippen LogP contribution in [0.5, 0.6) is 11.5 Å². The Morgan fingerprint density at radius 3 is 2.04 bits per heavy atom. The molecular weight excluding hydrogens is 312 g/mol. The molecule has 0 radical (unpaired) electrons. The van der Waals surface area contributed by atoms with E-state index in [1.165, 1.54) is 0 Å². The SMILES string of the molecule is Cc1cc(-c2ccc(O)c(C(C)c3ccc(C=O)cc3)c2)ccc1O. The van der Waals surface area contributed by atoms with Crippen molar-refractivity contribution in [1.29, 1.82) is 0 Å². The fourth-order valence-electron chi connectivity index (χ4n) is 2.96. The van der Waals surface area contributed by atoms with Crippen LogP contribution in [0, 0.1) is 6.92 Å². The van der Waals surface area contributed by atoms with Gasteiger partial charge in [0.1, 0.15) is 17.8 Å². The van der Waals surface area contributed by atoms with Gasteiger partial charge in [-0.15, -0.1) is 0 Å². The van der Waals surface area contributed by atoms with Gasteiger partial charge < -0.3 is 10.2 Å². The average molecular weight is 332 g/mol. The van der Waals surface area contributed by atoms with Crippen LogP contribution >= 0.6 is 0 Å². The molecule has 3 nitrogen and oxygen atoms in total. The average Bonchev–Trinajstić information content (AvgIpc) is 2.64. The van der Waals surface area contributed by atoms with Gasteiger partial charge in [-0.1, -0.05) is 43.3 Å². The van der Waals surface area contributed by atoms with Crippen molar-refractivity contribution in [2.24, 2.45) is 0 Å². The van der Waals surface area contributed by atoms with Gasteiger partial charge >= 0.3 is 0 Å². The number of aryl methyl sites for hydroxylation is 1. The van der Waals surface area contributed by atoms with E-state index in [0.717, 1.165) is 34.1 Å². The molecule has 0 saturated carbocycles. The van der Waals surface area contributed by atoms with E-state index in [9.17, 15) is 15.0 Å². The molecule has 1 atom stereocenters. The molecule has 1 unspecified atom stereocenters. The number of phenols is 2. The van der Waals surface area contributed by atoms with Crippen molar-refractivity contribution in [2.45, 2.75) is 19.8 Å². The van der Waals surface area contributed by atoms with Crippen LogP contribution in [-0.4, -0.2) is 16.5 Å². The molecule has 126 valence electrons. The van der Waals surface area contributed by atoms with Crippen LogP contribution in [0.25, 0.3) is 11.1 Å². The third-order valence-corrected chi connectivity index (χ3v) is 4.60. The smallest absolute Gasteiger partial charge is 0.150 e. The maximum absolute atomic E-state index is 10.8. The molecule has 3 aromatic carbocycles. The second-order valence-corrected chi connectivity index (χ2v) is 6.28. The summed E-state index contributed by atoms with van der Waals surface area (Å²) in [4.78, 5) is 10.8. The van der Waals surface area contributed by atoms with Gasteiger partial charge in [0.2, 0.25) is 0 Å². The summed E-state index contributed by atoms with van der Waals surface area (Å²) in [6.45, 7) is 3.88. The topological polar surface area (TPSA) is 57.5 Å². The number of carbonyl (C=O) groups excluding carboxylic acids is 1. The standard InChI is InChI=1S/C22H20O3/c1-14-11-18(7-9-21(14)24)19-8-10-22(25)20(12-19)15(2)17-5-3-16(13-23)4-6-17/h3-13,15,24-25H,1-2H3. The number of aromatic hydroxyl groups is 2. The van der Waals surface area contributed by atoms with Crippen molar-refractivity contribution in [1.82, 2.24) is 0 Å². The van der Waals surface area contributed by atoms with E-state index in [2.05, 4.69) is 0 Å². The Morgan fingerprint density at radius 1 is 0.840 bits per heavy atom. The predicted octanol–water partition coefficient (Wildman–Crippen LogP) is 5.04. The summed E-state index contributed by atoms with van der Waals surface area (Å²) in [6, 6.07) is 18.4. The van der Waals surface area contributed by atoms with Crippen LogP contribution in [0.1, 0.15) is 39.9 Å². The zero-order chi connectivity index (χ0) is 18.0. The Hall–Kier alpha value is -3.07. The first kappa shape index (κ1) is 16.8. The lowest BCUT2D eigenvalue weighted by Gasteiger charge is -2.16. The molecule has 0 amide bonds. The molecule has 0 saturated heterocycles. The number of hydrogen-bond donors (Lipinski definition) is 2. The van der Waals surface area contributed by atoms with Gasteiger partial charge in [-0.05, 0) is 53.4 Å². The molecule has 0 spiro atoms. The summed E-state index contributed by atoms with van der Waals surface area (Å²) in [5, 5.41) is 20.0. The minimum absolute atomic E-state index is 0.0149. The maximum Gasteiger partial charge on any atom is 0.150 e. The van der Waals surface area contributed by atoms with Crippen LogP contribution in [0.2, 0.25) is 0 Å². The Bertz CT molecular complexity index is 911. The molecule has 3 heteroatoms. The molecule has 0 fully saturated rings. The van der Waals surface area contributed by atoms with E-state index < -0.39 is 0 Å². The molecular formula is C22H20O3. The zero-order valence-electron chi connectivity index (χ0n) is 14.2. The number of aldehydes is 1. The molecule has 3 aromatic rings. The summed E-state index contributed by atoms with van der Waals surface area (Å²) in [5.74, 6) is 0.497. The molecule has 25 heavy (non-hydrogen) atoms. The first-order chi connectivity index (χ1) is 12.0. The molecule has 0 heterocycles. The number of phenolic OH excluding ortho intramolecular Hbond substituents is 2. The molecule has 0 aliphatic rings.